The van der Waals surface area contributed by atoms with Gasteiger partial charge >= 0.3 is 538 Å². The molecule has 4 aromatic heterocycles. The third-order valence-electron chi connectivity index (χ3n) is 22.6. The predicted octanol–water partition coefficient (Wildman–Crippen LogP) is 22.1. The summed E-state index contributed by atoms with van der Waals surface area (Å²) in [6.45, 7) is 5.55. The standard InChI is InChI=1S/2C39H28S2Si.2ClH.Hf/c2*1-42(38-30-18-8-16-28(26-12-4-2-5-13-26)32(30)24-34(38)36-20-10-22-40-36)39-31-19-9-17-29(27-14-6-3-7-15-27)33(31)25-35(39)37-21-11-23-41-37;;;/h2*2-25,42H,1H3;2*1H;/q;;;;+2/p-2. The molecule has 6 heterocycles. The number of hydrogen-bond donors (Lipinski definition) is 0. The molecule has 0 saturated carbocycles. The molecular weight excluding hydrogens is 1370 g/mol. The van der Waals surface area contributed by atoms with Gasteiger partial charge in [-0.05, 0) is 0 Å². The molecule has 4 unspecified atom stereocenters. The van der Waals surface area contributed by atoms with Gasteiger partial charge in [-0.1, -0.05) is 0 Å². The van der Waals surface area contributed by atoms with Crippen molar-refractivity contribution in [1.29, 1.82) is 0 Å². The van der Waals surface area contributed by atoms with E-state index in [9.17, 15) is 17.2 Å². The third kappa shape index (κ3) is 5.68. The molecule has 8 aromatic carbocycles. The van der Waals surface area contributed by atoms with Gasteiger partial charge in [-0.2, -0.15) is 0 Å². The zero-order valence-corrected chi connectivity index (χ0v) is 58.4. The van der Waals surface area contributed by atoms with Gasteiger partial charge < -0.3 is 0 Å². The third-order valence-corrected chi connectivity index (χ3v) is 141. The minimum atomic E-state index is -8.29. The van der Waals surface area contributed by atoms with Crippen LogP contribution in [0.15, 0.2) is 264 Å². The Morgan fingerprint density at radius 3 is 0.713 bits per heavy atom. The first-order chi connectivity index (χ1) is 42.6. The Morgan fingerprint density at radius 2 is 0.506 bits per heavy atom. The van der Waals surface area contributed by atoms with Crippen molar-refractivity contribution >= 4 is 127 Å². The summed E-state index contributed by atoms with van der Waals surface area (Å²) in [6.07, 6.45) is 10.7. The van der Waals surface area contributed by atoms with Gasteiger partial charge in [0.15, 0.2) is 0 Å². The van der Waals surface area contributed by atoms with Gasteiger partial charge in [-0.15, -0.1) is 0 Å². The summed E-state index contributed by atoms with van der Waals surface area (Å²) in [5, 5.41) is 9.20. The summed E-state index contributed by atoms with van der Waals surface area (Å²) in [5.41, 5.74) is 25.4. The molecule has 0 bridgehead atoms. The van der Waals surface area contributed by atoms with Crippen LogP contribution in [-0.4, -0.2) is 17.6 Å². The average molecular weight is 1430 g/mol. The van der Waals surface area contributed by atoms with Crippen molar-refractivity contribution in [1.82, 2.24) is 0 Å². The SMILES string of the molecule is C[SiH]1[C]2(C(c3cccs3)=Cc3c(-c4ccccc4)cccc32)[Hf]2([Cl])([Cl])([C]13C(c1cccs1)=Cc1c(-c4ccccc4)cccc13)[C]1(C(c3cccs3)=Cc3c(-c4ccccc4)cccc31)[SiH](C)[C]21C(c2cccs2)=Cc2c(-c3ccccc3)cccc21. The molecule has 2 aliphatic heterocycles. The van der Waals surface area contributed by atoms with Crippen LogP contribution >= 0.6 is 62.5 Å². The molecule has 2 saturated heterocycles. The molecular formula is C78H56Cl2HfS4Si2. The van der Waals surface area contributed by atoms with Gasteiger partial charge in [-0.3, -0.25) is 0 Å². The number of allylic oxidation sites excluding steroid dienone is 4. The fourth-order valence-corrected chi connectivity index (χ4v) is 192. The summed E-state index contributed by atoms with van der Waals surface area (Å²) in [7, 11) is 18.2. The molecule has 0 radical (unpaired) electrons. The van der Waals surface area contributed by atoms with E-state index in [1.165, 1.54) is 131 Å². The van der Waals surface area contributed by atoms with Crippen LogP contribution in [0.3, 0.4) is 0 Å². The van der Waals surface area contributed by atoms with Crippen molar-refractivity contribution in [2.24, 2.45) is 0 Å². The van der Waals surface area contributed by atoms with E-state index in [1.54, 1.807) is 0 Å². The number of fused-ring (bicyclic) bond motifs is 12. The van der Waals surface area contributed by atoms with Crippen molar-refractivity contribution in [2.75, 3.05) is 0 Å². The molecule has 6 aliphatic rings. The fourth-order valence-electron chi connectivity index (χ4n) is 20.7. The van der Waals surface area contributed by atoms with Crippen LogP contribution in [-0.2, 0) is 25.8 Å². The van der Waals surface area contributed by atoms with Crippen LogP contribution in [0.25, 0.3) is 91.1 Å². The van der Waals surface area contributed by atoms with Crippen LogP contribution in [0.4, 0.5) is 0 Å². The van der Waals surface area contributed by atoms with Gasteiger partial charge in [0.25, 0.3) is 0 Å². The Hall–Kier alpha value is -6.60. The quantitative estimate of drug-likeness (QED) is 0.133. The second kappa shape index (κ2) is 18.5. The summed E-state index contributed by atoms with van der Waals surface area (Å²) >= 11 is -0.815. The van der Waals surface area contributed by atoms with E-state index < -0.39 is 43.4 Å². The zero-order valence-electron chi connectivity index (χ0n) is 47.8. The van der Waals surface area contributed by atoms with Gasteiger partial charge in [0.1, 0.15) is 0 Å². The van der Waals surface area contributed by atoms with Gasteiger partial charge in [0.05, 0.1) is 0 Å². The summed E-state index contributed by atoms with van der Waals surface area (Å²) in [5.74, 6) is 0. The van der Waals surface area contributed by atoms with E-state index in [0.29, 0.717) is 0 Å². The van der Waals surface area contributed by atoms with Crippen molar-refractivity contribution in [3.63, 3.8) is 0 Å². The molecule has 4 aliphatic carbocycles. The maximum atomic E-state index is 11.9. The van der Waals surface area contributed by atoms with Crippen LogP contribution < -0.4 is 0 Å². The van der Waals surface area contributed by atoms with E-state index in [2.05, 4.69) is 302 Å². The minimum absolute atomic E-state index is 0.870. The monoisotopic (exact) mass is 1430 g/mol. The molecule has 18 rings (SSSR count). The Labute approximate surface area is 532 Å². The summed E-state index contributed by atoms with van der Waals surface area (Å²) < 4.78 is -3.48. The zero-order chi connectivity index (χ0) is 58.2. The predicted molar refractivity (Wildman–Crippen MR) is 381 cm³/mol. The summed E-state index contributed by atoms with van der Waals surface area (Å²) in [6, 6.07) is 92.6. The topological polar surface area (TPSA) is 0 Å². The van der Waals surface area contributed by atoms with Crippen LogP contribution in [0.5, 0.6) is 0 Å². The molecule has 9 heteroatoms. The maximum absolute atomic E-state index is 11.9. The van der Waals surface area contributed by atoms with E-state index in [4.69, 9.17) is 0 Å². The molecule has 0 N–H and O–H groups in total. The fraction of sp³-hybridized carbons (Fsp3) is 0.0769. The van der Waals surface area contributed by atoms with Crippen LogP contribution in [0.1, 0.15) is 64.0 Å². The average Bonchev–Trinajstić information content (AvgIpc) is 1.50. The van der Waals surface area contributed by atoms with Crippen LogP contribution in [0, 0.1) is 0 Å². The van der Waals surface area contributed by atoms with Crippen LogP contribution in [0.2, 0.25) is 13.1 Å². The number of benzene rings is 8. The van der Waals surface area contributed by atoms with Crippen molar-refractivity contribution in [3.05, 3.63) is 328 Å². The molecule has 0 amide bonds. The van der Waals surface area contributed by atoms with Crippen molar-refractivity contribution < 1.29 is 14.7 Å². The Bertz CT molecular complexity index is 4340. The van der Waals surface area contributed by atoms with Gasteiger partial charge in [0, 0.05) is 0 Å². The van der Waals surface area contributed by atoms with E-state index in [0.717, 1.165) is 0 Å². The molecule has 0 nitrogen and oxygen atoms in total. The van der Waals surface area contributed by atoms with Crippen molar-refractivity contribution in [3.8, 4) is 44.5 Å². The molecule has 2 fully saturated rings. The molecule has 5 spiro atoms. The molecule has 87 heavy (non-hydrogen) atoms. The van der Waals surface area contributed by atoms with Gasteiger partial charge in [0.2, 0.25) is 0 Å². The van der Waals surface area contributed by atoms with Gasteiger partial charge in [-0.25, -0.2) is 0 Å². The number of rotatable bonds is 8. The Kier molecular flexibility index (Phi) is 11.4. The second-order valence-corrected chi connectivity index (χ2v) is 83.1. The second-order valence-electron chi connectivity index (χ2n) is 24.9. The molecule has 12 aromatic rings. The van der Waals surface area contributed by atoms with E-state index in [-0.39, 0.29) is 0 Å². The Balaban J connectivity index is 1.16. The number of hydrogen-bond acceptors (Lipinski definition) is 4. The van der Waals surface area contributed by atoms with E-state index in [1.807, 2.05) is 45.3 Å². The first kappa shape index (κ1) is 53.4. The number of halogens is 2. The van der Waals surface area contributed by atoms with Crippen molar-refractivity contribution in [2.45, 2.75) is 24.3 Å². The first-order valence-electron chi connectivity index (χ1n) is 30.2. The number of thiophene rings is 4. The summed E-state index contributed by atoms with van der Waals surface area (Å²) in [4.78, 5) is 5.04. The molecule has 418 valence electrons. The van der Waals surface area contributed by atoms with E-state index >= 15 is 0 Å². The molecule has 4 atom stereocenters. The normalized spacial score (nSPS) is 25.7. The first-order valence-corrected chi connectivity index (χ1v) is 54.4. The Morgan fingerprint density at radius 1 is 0.276 bits per heavy atom.